The van der Waals surface area contributed by atoms with Crippen molar-refractivity contribution in [2.75, 3.05) is 6.54 Å². The van der Waals surface area contributed by atoms with E-state index in [9.17, 15) is 9.90 Å². The molecule has 38 heavy (non-hydrogen) atoms. The van der Waals surface area contributed by atoms with Crippen LogP contribution >= 0.6 is 0 Å². The molecule has 1 aliphatic heterocycles. The van der Waals surface area contributed by atoms with Crippen molar-refractivity contribution in [2.45, 2.75) is 27.2 Å². The first-order chi connectivity index (χ1) is 18.5. The summed E-state index contributed by atoms with van der Waals surface area (Å²) in [5, 5.41) is 11.3. The fraction of sp³-hybridized carbons (Fsp3) is 0.143. The Labute approximate surface area is 223 Å². The van der Waals surface area contributed by atoms with Crippen LogP contribution < -0.4 is 0 Å². The van der Waals surface area contributed by atoms with Gasteiger partial charge in [0, 0.05) is 17.6 Å². The minimum atomic E-state index is -0.0722. The highest BCUT2D eigenvalue weighted by molar-refractivity contribution is 6.15. The van der Waals surface area contributed by atoms with E-state index in [2.05, 4.69) is 84.3 Å². The number of hydrogen-bond donors (Lipinski definition) is 1. The van der Waals surface area contributed by atoms with Crippen molar-refractivity contribution in [1.29, 1.82) is 0 Å². The fourth-order valence-electron chi connectivity index (χ4n) is 5.96. The first-order valence-electron chi connectivity index (χ1n) is 13.1. The largest absolute Gasteiger partial charge is 0.506 e. The molecule has 1 N–H and O–H groups in total. The second-order valence-electron chi connectivity index (χ2n) is 10.1. The Morgan fingerprint density at radius 1 is 0.711 bits per heavy atom. The van der Waals surface area contributed by atoms with Crippen molar-refractivity contribution in [3.05, 3.63) is 147 Å². The standard InChI is InChI=1S/C35H29NO2/c1-22-16-18-26(19-17-22)35-27-11-5-4-10-25(27)20-21-36(35)34(24(3)38)32(23(2)37)33-30-14-8-6-12-28(30)29-13-7-9-15-31(29)33/h4-19H,20-21H2,1-3H3/p+1. The molecule has 1 heterocycles. The van der Waals surface area contributed by atoms with Gasteiger partial charge in [-0.3, -0.25) is 4.79 Å². The summed E-state index contributed by atoms with van der Waals surface area (Å²) in [6.45, 7) is 6.04. The quantitative estimate of drug-likeness (QED) is 0.162. The number of carbonyl (C=O) groups excluding carboxylic acids is 1. The molecule has 0 radical (unpaired) electrons. The molecular weight excluding hydrogens is 466 g/mol. The minimum absolute atomic E-state index is 0.0722. The smallest absolute Gasteiger partial charge is 0.254 e. The van der Waals surface area contributed by atoms with E-state index in [1.807, 2.05) is 24.3 Å². The summed E-state index contributed by atoms with van der Waals surface area (Å²) in [5.74, 6) is 0.0607. The van der Waals surface area contributed by atoms with Gasteiger partial charge in [-0.2, -0.15) is 4.58 Å². The molecule has 0 bridgehead atoms. The van der Waals surface area contributed by atoms with Crippen LogP contribution in [0.2, 0.25) is 0 Å². The number of carbonyl (C=O) groups is 1. The van der Waals surface area contributed by atoms with E-state index >= 15 is 0 Å². The Bertz CT molecular complexity index is 1650. The van der Waals surface area contributed by atoms with Gasteiger partial charge >= 0.3 is 0 Å². The van der Waals surface area contributed by atoms with Gasteiger partial charge in [0.05, 0.1) is 5.56 Å². The molecule has 4 aromatic carbocycles. The van der Waals surface area contributed by atoms with Gasteiger partial charge in [0.2, 0.25) is 5.71 Å². The lowest BCUT2D eigenvalue weighted by atomic mass is 9.89. The summed E-state index contributed by atoms with van der Waals surface area (Å²) in [5.41, 5.74) is 11.9. The van der Waals surface area contributed by atoms with Crippen LogP contribution in [0.15, 0.2) is 114 Å². The molecular formula is C35H30NO2+. The van der Waals surface area contributed by atoms with Crippen LogP contribution in [-0.2, 0) is 11.2 Å². The number of fused-ring (bicyclic) bond motifs is 4. The highest BCUT2D eigenvalue weighted by Crippen LogP contribution is 2.47. The minimum Gasteiger partial charge on any atom is -0.506 e. The number of Topliss-reactive ketones (excluding diaryl/α,β-unsaturated/α-hetero) is 1. The zero-order valence-corrected chi connectivity index (χ0v) is 22.0. The fourth-order valence-corrected chi connectivity index (χ4v) is 5.96. The van der Waals surface area contributed by atoms with Crippen molar-refractivity contribution in [3.8, 4) is 11.1 Å². The number of hydrogen-bond acceptors (Lipinski definition) is 2. The van der Waals surface area contributed by atoms with Gasteiger partial charge in [-0.25, -0.2) is 0 Å². The van der Waals surface area contributed by atoms with Crippen LogP contribution in [0.3, 0.4) is 0 Å². The molecule has 3 nitrogen and oxygen atoms in total. The average Bonchev–Trinajstić information content (AvgIpc) is 3.25. The number of ketones is 1. The first-order valence-corrected chi connectivity index (χ1v) is 13.1. The van der Waals surface area contributed by atoms with Crippen molar-refractivity contribution < 1.29 is 14.5 Å². The van der Waals surface area contributed by atoms with Gasteiger partial charge < -0.3 is 5.11 Å². The third-order valence-corrected chi connectivity index (χ3v) is 7.61. The third-order valence-electron chi connectivity index (χ3n) is 7.61. The molecule has 2 aliphatic rings. The molecule has 3 heteroatoms. The first kappa shape index (κ1) is 23.9. The zero-order chi connectivity index (χ0) is 26.4. The van der Waals surface area contributed by atoms with E-state index in [1.165, 1.54) is 11.1 Å². The van der Waals surface area contributed by atoms with E-state index in [0.717, 1.165) is 51.1 Å². The lowest BCUT2D eigenvalue weighted by molar-refractivity contribution is -0.475. The Morgan fingerprint density at radius 3 is 1.79 bits per heavy atom. The molecule has 4 aromatic rings. The monoisotopic (exact) mass is 496 g/mol. The lowest BCUT2D eigenvalue weighted by Crippen LogP contribution is -2.33. The van der Waals surface area contributed by atoms with Crippen LogP contribution in [-0.4, -0.2) is 27.7 Å². The number of aliphatic hydroxyl groups excluding tert-OH is 1. The van der Waals surface area contributed by atoms with Crippen LogP contribution in [0.5, 0.6) is 0 Å². The lowest BCUT2D eigenvalue weighted by Gasteiger charge is -2.22. The molecule has 0 atom stereocenters. The molecule has 0 spiro atoms. The SMILES string of the molecule is CC(=O)C(=C1c2ccccc2-c2ccccc21)C(=C(C)O)[N+]1=C(c2ccc(C)cc2)c2ccccc2CC1. The zero-order valence-electron chi connectivity index (χ0n) is 22.0. The number of rotatable bonds is 4. The number of allylic oxidation sites excluding steroid dienone is 2. The molecule has 0 amide bonds. The van der Waals surface area contributed by atoms with Crippen LogP contribution in [0.4, 0.5) is 0 Å². The molecule has 186 valence electrons. The normalized spacial score (nSPS) is 14.4. The second-order valence-corrected chi connectivity index (χ2v) is 10.1. The highest BCUT2D eigenvalue weighted by atomic mass is 16.3. The Balaban J connectivity index is 1.72. The van der Waals surface area contributed by atoms with Crippen LogP contribution in [0.25, 0.3) is 16.7 Å². The van der Waals surface area contributed by atoms with E-state index in [-0.39, 0.29) is 11.5 Å². The van der Waals surface area contributed by atoms with Gasteiger partial charge in [-0.05, 0) is 66.8 Å². The number of nitrogens with zero attached hydrogens (tertiary/aromatic N) is 1. The molecule has 6 rings (SSSR count). The van der Waals surface area contributed by atoms with Gasteiger partial charge in [-0.1, -0.05) is 84.4 Å². The maximum Gasteiger partial charge on any atom is 0.254 e. The van der Waals surface area contributed by atoms with Crippen molar-refractivity contribution in [3.63, 3.8) is 0 Å². The molecule has 1 aliphatic carbocycles. The van der Waals surface area contributed by atoms with Crippen LogP contribution in [0.1, 0.15) is 47.2 Å². The van der Waals surface area contributed by atoms with Crippen molar-refractivity contribution >= 4 is 17.1 Å². The maximum atomic E-state index is 13.6. The summed E-state index contributed by atoms with van der Waals surface area (Å²) in [6.07, 6.45) is 0.815. The maximum absolute atomic E-state index is 13.6. The Hall–Kier alpha value is -4.50. The summed E-state index contributed by atoms with van der Waals surface area (Å²) in [4.78, 5) is 13.6. The number of aryl methyl sites for hydroxylation is 1. The third kappa shape index (κ3) is 3.83. The summed E-state index contributed by atoms with van der Waals surface area (Å²) < 4.78 is 2.16. The number of benzene rings is 4. The molecule has 0 aromatic heterocycles. The van der Waals surface area contributed by atoms with Gasteiger partial charge in [0.15, 0.2) is 18.1 Å². The van der Waals surface area contributed by atoms with E-state index in [1.54, 1.807) is 13.8 Å². The van der Waals surface area contributed by atoms with Crippen LogP contribution in [0, 0.1) is 6.92 Å². The topological polar surface area (TPSA) is 40.3 Å². The molecule has 0 saturated carbocycles. The van der Waals surface area contributed by atoms with E-state index in [0.29, 0.717) is 17.8 Å². The van der Waals surface area contributed by atoms with E-state index in [4.69, 9.17) is 0 Å². The average molecular weight is 497 g/mol. The summed E-state index contributed by atoms with van der Waals surface area (Å²) in [7, 11) is 0. The second kappa shape index (κ2) is 9.42. The van der Waals surface area contributed by atoms with Gasteiger partial charge in [-0.15, -0.1) is 0 Å². The molecule has 0 saturated heterocycles. The van der Waals surface area contributed by atoms with Gasteiger partial charge in [0.1, 0.15) is 5.57 Å². The highest BCUT2D eigenvalue weighted by Gasteiger charge is 2.38. The van der Waals surface area contributed by atoms with Gasteiger partial charge in [0.25, 0.3) is 5.70 Å². The van der Waals surface area contributed by atoms with Crippen molar-refractivity contribution in [2.24, 2.45) is 0 Å². The van der Waals surface area contributed by atoms with Crippen molar-refractivity contribution in [1.82, 2.24) is 0 Å². The predicted molar refractivity (Wildman–Crippen MR) is 154 cm³/mol. The van der Waals surface area contributed by atoms with E-state index < -0.39 is 0 Å². The number of aliphatic hydroxyl groups is 1. The Morgan fingerprint density at radius 2 is 1.24 bits per heavy atom. The summed E-state index contributed by atoms with van der Waals surface area (Å²) in [6, 6.07) is 33.4. The molecule has 0 fully saturated rings. The molecule has 0 unspecified atom stereocenters. The Kier molecular flexibility index (Phi) is 5.92. The summed E-state index contributed by atoms with van der Waals surface area (Å²) >= 11 is 0. The predicted octanol–water partition coefficient (Wildman–Crippen LogP) is 7.26.